The average Bonchev–Trinajstić information content (AvgIpc) is 3.07. The molecule has 0 bridgehead atoms. The van der Waals surface area contributed by atoms with Crippen LogP contribution in [0.2, 0.25) is 0 Å². The maximum atomic E-state index is 5.04. The summed E-state index contributed by atoms with van der Waals surface area (Å²) in [6, 6.07) is 0. The number of hydrogen-bond acceptors (Lipinski definition) is 5. The molecule has 0 spiro atoms. The molecule has 5 heteroatoms. The fourth-order valence-electron chi connectivity index (χ4n) is 5.01. The molecule has 0 saturated carbocycles. The van der Waals surface area contributed by atoms with E-state index in [-0.39, 0.29) is 0 Å². The molecule has 0 radical (unpaired) electrons. The van der Waals surface area contributed by atoms with Gasteiger partial charge in [-0.05, 0) is 58.5 Å². The first kappa shape index (κ1) is 24.3. The molecule has 1 aromatic heterocycles. The summed E-state index contributed by atoms with van der Waals surface area (Å²) in [6.45, 7) is 7.77. The third-order valence-corrected chi connectivity index (χ3v) is 6.99. The van der Waals surface area contributed by atoms with Crippen LogP contribution in [-0.4, -0.2) is 54.6 Å². The van der Waals surface area contributed by atoms with Crippen molar-refractivity contribution in [3.63, 3.8) is 0 Å². The van der Waals surface area contributed by atoms with E-state index in [1.54, 1.807) is 0 Å². The lowest BCUT2D eigenvalue weighted by molar-refractivity contribution is 0.335. The quantitative estimate of drug-likeness (QED) is 0.400. The number of nitrogens with one attached hydrogen (secondary N) is 1. The highest BCUT2D eigenvalue weighted by Crippen LogP contribution is 2.30. The predicted octanol–water partition coefficient (Wildman–Crippen LogP) is 5.83. The normalized spacial score (nSPS) is 16.9. The van der Waals surface area contributed by atoms with Gasteiger partial charge in [-0.2, -0.15) is 4.98 Å². The molecule has 0 atom stereocenters. The lowest BCUT2D eigenvalue weighted by Gasteiger charge is -2.28. The van der Waals surface area contributed by atoms with Crippen LogP contribution < -0.4 is 10.2 Å². The highest BCUT2D eigenvalue weighted by atomic mass is 15.2. The largest absolute Gasteiger partial charge is 0.356 e. The first-order chi connectivity index (χ1) is 15.3. The Balaban J connectivity index is 1.46. The van der Waals surface area contributed by atoms with Gasteiger partial charge in [0.15, 0.2) is 0 Å². The van der Waals surface area contributed by atoms with Gasteiger partial charge in [-0.3, -0.25) is 0 Å². The molecule has 5 nitrogen and oxygen atoms in total. The Morgan fingerprint density at radius 3 is 2.29 bits per heavy atom. The number of aryl methyl sites for hydroxylation is 1. The number of hydrogen-bond donors (Lipinski definition) is 1. The lowest BCUT2D eigenvalue weighted by atomic mass is 9.96. The van der Waals surface area contributed by atoms with E-state index in [9.17, 15) is 0 Å². The Hall–Kier alpha value is -1.36. The molecule has 176 valence electrons. The zero-order valence-corrected chi connectivity index (χ0v) is 20.4. The minimum Gasteiger partial charge on any atom is -0.356 e. The van der Waals surface area contributed by atoms with E-state index in [0.717, 1.165) is 45.0 Å². The summed E-state index contributed by atoms with van der Waals surface area (Å²) in [5.74, 6) is 2.09. The molecule has 0 unspecified atom stereocenters. The van der Waals surface area contributed by atoms with E-state index in [1.807, 2.05) is 0 Å². The summed E-state index contributed by atoms with van der Waals surface area (Å²) in [5.41, 5.74) is 2.74. The molecule has 1 aliphatic heterocycles. The summed E-state index contributed by atoms with van der Waals surface area (Å²) in [7, 11) is 2.25. The smallest absolute Gasteiger partial charge is 0.224 e. The van der Waals surface area contributed by atoms with Gasteiger partial charge in [-0.25, -0.2) is 4.98 Å². The number of nitrogens with zero attached hydrogens (tertiary/aromatic N) is 4. The van der Waals surface area contributed by atoms with Crippen molar-refractivity contribution in [2.45, 2.75) is 103 Å². The summed E-state index contributed by atoms with van der Waals surface area (Å²) in [6.07, 6.45) is 19.8. The molecule has 3 rings (SSSR count). The SMILES string of the molecule is CCCCCCCCCN(C)CCNc1nc2c(c(N3CCCCCC3)n1)CCCC2. The average molecular weight is 430 g/mol. The second kappa shape index (κ2) is 13.9. The first-order valence-corrected chi connectivity index (χ1v) is 13.3. The maximum absolute atomic E-state index is 5.04. The van der Waals surface area contributed by atoms with E-state index < -0.39 is 0 Å². The third kappa shape index (κ3) is 8.25. The van der Waals surface area contributed by atoms with E-state index in [0.29, 0.717) is 0 Å². The Labute approximate surface area is 191 Å². The van der Waals surface area contributed by atoms with Gasteiger partial charge in [0.1, 0.15) is 5.82 Å². The van der Waals surface area contributed by atoms with Crippen LogP contribution in [-0.2, 0) is 12.8 Å². The topological polar surface area (TPSA) is 44.3 Å². The molecule has 1 aliphatic carbocycles. The Kier molecular flexibility index (Phi) is 10.9. The van der Waals surface area contributed by atoms with Crippen molar-refractivity contribution < 1.29 is 0 Å². The van der Waals surface area contributed by atoms with E-state index in [2.05, 4.69) is 29.1 Å². The van der Waals surface area contributed by atoms with Crippen LogP contribution in [0.25, 0.3) is 0 Å². The van der Waals surface area contributed by atoms with Crippen molar-refractivity contribution in [2.75, 3.05) is 50.0 Å². The van der Waals surface area contributed by atoms with Crippen molar-refractivity contribution in [3.05, 3.63) is 11.3 Å². The molecule has 1 fully saturated rings. The molecule has 1 saturated heterocycles. The molecule has 0 amide bonds. The second-order valence-corrected chi connectivity index (χ2v) is 9.76. The Bertz CT molecular complexity index is 624. The number of likely N-dealkylation sites (N-methyl/N-ethyl adjacent to an activating group) is 1. The minimum absolute atomic E-state index is 0.851. The van der Waals surface area contributed by atoms with Crippen molar-refractivity contribution >= 4 is 11.8 Å². The van der Waals surface area contributed by atoms with Gasteiger partial charge < -0.3 is 15.1 Å². The number of aromatic nitrogens is 2. The highest BCUT2D eigenvalue weighted by molar-refractivity contribution is 5.53. The zero-order chi connectivity index (χ0) is 21.7. The third-order valence-electron chi connectivity index (χ3n) is 6.99. The molecular weight excluding hydrogens is 382 g/mol. The highest BCUT2D eigenvalue weighted by Gasteiger charge is 2.22. The summed E-state index contributed by atoms with van der Waals surface area (Å²) in [4.78, 5) is 15.0. The van der Waals surface area contributed by atoms with Gasteiger partial charge in [0.25, 0.3) is 0 Å². The molecule has 1 aromatic rings. The fourth-order valence-corrected chi connectivity index (χ4v) is 5.01. The van der Waals surface area contributed by atoms with Gasteiger partial charge in [-0.15, -0.1) is 0 Å². The first-order valence-electron chi connectivity index (χ1n) is 13.3. The van der Waals surface area contributed by atoms with E-state index in [1.165, 1.54) is 107 Å². The minimum atomic E-state index is 0.851. The molecule has 2 heterocycles. The lowest BCUT2D eigenvalue weighted by Crippen LogP contribution is -2.29. The van der Waals surface area contributed by atoms with Crippen LogP contribution in [0, 0.1) is 0 Å². The summed E-state index contributed by atoms with van der Waals surface area (Å²) < 4.78 is 0. The predicted molar refractivity (Wildman–Crippen MR) is 133 cm³/mol. The molecule has 2 aliphatic rings. The molecule has 0 aromatic carbocycles. The van der Waals surface area contributed by atoms with E-state index in [4.69, 9.17) is 9.97 Å². The van der Waals surface area contributed by atoms with Crippen molar-refractivity contribution in [1.29, 1.82) is 0 Å². The zero-order valence-electron chi connectivity index (χ0n) is 20.4. The molecule has 31 heavy (non-hydrogen) atoms. The van der Waals surface area contributed by atoms with Gasteiger partial charge in [0.2, 0.25) is 5.95 Å². The number of fused-ring (bicyclic) bond motifs is 1. The van der Waals surface area contributed by atoms with Crippen molar-refractivity contribution in [3.8, 4) is 0 Å². The standard InChI is InChI=1S/C26H47N5/c1-3-4-5-6-7-8-13-19-30(2)22-18-27-26-28-24-17-12-11-16-23(24)25(29-26)31-20-14-9-10-15-21-31/h3-22H2,1-2H3,(H,27,28,29). The number of anilines is 2. The summed E-state index contributed by atoms with van der Waals surface area (Å²) >= 11 is 0. The van der Waals surface area contributed by atoms with Crippen LogP contribution >= 0.6 is 0 Å². The van der Waals surface area contributed by atoms with Crippen LogP contribution in [0.4, 0.5) is 11.8 Å². The van der Waals surface area contributed by atoms with Crippen LogP contribution in [0.1, 0.15) is 102 Å². The fraction of sp³-hybridized carbons (Fsp3) is 0.846. The number of unbranched alkanes of at least 4 members (excludes halogenated alkanes) is 6. The van der Waals surface area contributed by atoms with Crippen LogP contribution in [0.15, 0.2) is 0 Å². The molecule has 1 N–H and O–H groups in total. The molecular formula is C26H47N5. The van der Waals surface area contributed by atoms with Gasteiger partial charge in [0.05, 0.1) is 5.69 Å². The van der Waals surface area contributed by atoms with Crippen LogP contribution in [0.3, 0.4) is 0 Å². The van der Waals surface area contributed by atoms with Gasteiger partial charge in [-0.1, -0.05) is 58.3 Å². The van der Waals surface area contributed by atoms with Crippen molar-refractivity contribution in [2.24, 2.45) is 0 Å². The number of rotatable bonds is 13. The summed E-state index contributed by atoms with van der Waals surface area (Å²) in [5, 5.41) is 3.55. The van der Waals surface area contributed by atoms with Crippen LogP contribution in [0.5, 0.6) is 0 Å². The monoisotopic (exact) mass is 429 g/mol. The maximum Gasteiger partial charge on any atom is 0.224 e. The van der Waals surface area contributed by atoms with Gasteiger partial charge >= 0.3 is 0 Å². The van der Waals surface area contributed by atoms with Crippen molar-refractivity contribution in [1.82, 2.24) is 14.9 Å². The Morgan fingerprint density at radius 1 is 0.806 bits per heavy atom. The Morgan fingerprint density at radius 2 is 1.52 bits per heavy atom. The second-order valence-electron chi connectivity index (χ2n) is 9.76. The van der Waals surface area contributed by atoms with E-state index >= 15 is 0 Å². The van der Waals surface area contributed by atoms with Gasteiger partial charge in [0, 0.05) is 31.7 Å².